The fourth-order valence-electron chi connectivity index (χ4n) is 1.84. The van der Waals surface area contributed by atoms with Crippen molar-refractivity contribution in [2.24, 2.45) is 5.73 Å². The molecule has 0 fully saturated rings. The first-order chi connectivity index (χ1) is 8.25. The molecule has 4 N–H and O–H groups in total. The van der Waals surface area contributed by atoms with Crippen molar-refractivity contribution in [3.8, 4) is 5.75 Å². The Kier molecular flexibility index (Phi) is 4.35. The Morgan fingerprint density at radius 3 is 2.56 bits per heavy atom. The number of rotatable bonds is 3. The molecule has 0 spiro atoms. The number of nitrogens with one attached hydrogen (secondary N) is 1. The van der Waals surface area contributed by atoms with Crippen LogP contribution in [0.4, 0.5) is 0 Å². The lowest BCUT2D eigenvalue weighted by atomic mass is 9.85. The molecular formula is C14H22N2O2. The number of nitrogens with two attached hydrogens (primary N) is 1. The lowest BCUT2D eigenvalue weighted by molar-refractivity contribution is -0.121. The van der Waals surface area contributed by atoms with Gasteiger partial charge in [0.15, 0.2) is 0 Å². The van der Waals surface area contributed by atoms with E-state index in [0.717, 1.165) is 11.1 Å². The summed E-state index contributed by atoms with van der Waals surface area (Å²) in [5.41, 5.74) is 7.46. The molecule has 0 bridgehead atoms. The summed E-state index contributed by atoms with van der Waals surface area (Å²) in [6.07, 6.45) is 0.461. The van der Waals surface area contributed by atoms with E-state index in [1.165, 1.54) is 0 Å². The molecule has 1 amide bonds. The third-order valence-corrected chi connectivity index (χ3v) is 2.91. The molecule has 18 heavy (non-hydrogen) atoms. The van der Waals surface area contributed by atoms with E-state index in [2.05, 4.69) is 5.32 Å². The third kappa shape index (κ3) is 3.47. The minimum Gasteiger partial charge on any atom is -0.508 e. The Labute approximate surface area is 108 Å². The van der Waals surface area contributed by atoms with E-state index in [1.807, 2.05) is 26.8 Å². The number of hydrogen-bond donors (Lipinski definition) is 3. The zero-order chi connectivity index (χ0) is 13.9. The Morgan fingerprint density at radius 2 is 2.06 bits per heavy atom. The lowest BCUT2D eigenvalue weighted by Crippen LogP contribution is -2.40. The summed E-state index contributed by atoms with van der Waals surface area (Å²) in [5, 5.41) is 12.4. The molecule has 0 aliphatic rings. The highest BCUT2D eigenvalue weighted by atomic mass is 16.3. The van der Waals surface area contributed by atoms with Crippen LogP contribution in [-0.4, -0.2) is 24.1 Å². The SMILES string of the molecule is CNC(=O)[C@@H](N)Cc1ccc(O)c(C(C)(C)C)c1. The molecule has 1 rings (SSSR count). The first-order valence-corrected chi connectivity index (χ1v) is 6.05. The van der Waals surface area contributed by atoms with Gasteiger partial charge in [0.1, 0.15) is 5.75 Å². The minimum atomic E-state index is -0.563. The van der Waals surface area contributed by atoms with Crippen LogP contribution in [-0.2, 0) is 16.6 Å². The Balaban J connectivity index is 2.96. The number of likely N-dealkylation sites (N-methyl/N-ethyl adjacent to an activating group) is 1. The van der Waals surface area contributed by atoms with Gasteiger partial charge in [0.2, 0.25) is 5.91 Å². The van der Waals surface area contributed by atoms with Crippen molar-refractivity contribution in [3.63, 3.8) is 0 Å². The van der Waals surface area contributed by atoms with Gasteiger partial charge in [0.25, 0.3) is 0 Å². The molecule has 1 aromatic rings. The van der Waals surface area contributed by atoms with Crippen LogP contribution in [0.15, 0.2) is 18.2 Å². The molecule has 0 aliphatic carbocycles. The molecule has 4 nitrogen and oxygen atoms in total. The number of phenols is 1. The maximum absolute atomic E-state index is 11.4. The van der Waals surface area contributed by atoms with Gasteiger partial charge in [-0.2, -0.15) is 0 Å². The normalized spacial score (nSPS) is 13.2. The number of amides is 1. The standard InChI is InChI=1S/C14H22N2O2/c1-14(2,3)10-7-9(5-6-12(10)17)8-11(15)13(18)16-4/h5-7,11,17H,8,15H2,1-4H3,(H,16,18)/t11-/m0/s1. The van der Waals surface area contributed by atoms with Gasteiger partial charge in [-0.05, 0) is 29.0 Å². The highest BCUT2D eigenvalue weighted by Crippen LogP contribution is 2.31. The van der Waals surface area contributed by atoms with Crippen molar-refractivity contribution in [1.82, 2.24) is 5.32 Å². The van der Waals surface area contributed by atoms with Crippen molar-refractivity contribution in [1.29, 1.82) is 0 Å². The van der Waals surface area contributed by atoms with Crippen LogP contribution in [0, 0.1) is 0 Å². The molecule has 0 saturated carbocycles. The van der Waals surface area contributed by atoms with E-state index in [4.69, 9.17) is 5.73 Å². The maximum atomic E-state index is 11.4. The van der Waals surface area contributed by atoms with Crippen molar-refractivity contribution >= 4 is 5.91 Å². The molecule has 0 aliphatic heterocycles. The smallest absolute Gasteiger partial charge is 0.237 e. The van der Waals surface area contributed by atoms with E-state index in [0.29, 0.717) is 6.42 Å². The van der Waals surface area contributed by atoms with Gasteiger partial charge in [-0.15, -0.1) is 0 Å². The zero-order valence-corrected chi connectivity index (χ0v) is 11.4. The Bertz CT molecular complexity index is 436. The lowest BCUT2D eigenvalue weighted by Gasteiger charge is -2.21. The number of aromatic hydroxyl groups is 1. The van der Waals surface area contributed by atoms with Crippen LogP contribution in [0.5, 0.6) is 5.75 Å². The van der Waals surface area contributed by atoms with Crippen molar-refractivity contribution in [2.45, 2.75) is 38.6 Å². The maximum Gasteiger partial charge on any atom is 0.237 e. The average Bonchev–Trinajstić information content (AvgIpc) is 2.29. The number of hydrogen-bond acceptors (Lipinski definition) is 3. The van der Waals surface area contributed by atoms with E-state index in [1.54, 1.807) is 19.2 Å². The van der Waals surface area contributed by atoms with Crippen LogP contribution in [0.25, 0.3) is 0 Å². The van der Waals surface area contributed by atoms with E-state index in [-0.39, 0.29) is 17.1 Å². The molecule has 0 radical (unpaired) electrons. The van der Waals surface area contributed by atoms with Gasteiger partial charge in [0.05, 0.1) is 6.04 Å². The zero-order valence-electron chi connectivity index (χ0n) is 11.4. The molecule has 0 saturated heterocycles. The van der Waals surface area contributed by atoms with Gasteiger partial charge in [-0.25, -0.2) is 0 Å². The summed E-state index contributed by atoms with van der Waals surface area (Å²) in [6, 6.07) is 4.81. The molecular weight excluding hydrogens is 228 g/mol. The van der Waals surface area contributed by atoms with Gasteiger partial charge >= 0.3 is 0 Å². The molecule has 0 heterocycles. The van der Waals surface area contributed by atoms with Crippen LogP contribution in [0.2, 0.25) is 0 Å². The second-order valence-corrected chi connectivity index (χ2v) is 5.53. The monoisotopic (exact) mass is 250 g/mol. The van der Waals surface area contributed by atoms with Crippen LogP contribution >= 0.6 is 0 Å². The summed E-state index contributed by atoms with van der Waals surface area (Å²) < 4.78 is 0. The summed E-state index contributed by atoms with van der Waals surface area (Å²) >= 11 is 0. The van der Waals surface area contributed by atoms with Crippen LogP contribution < -0.4 is 11.1 Å². The number of carbonyl (C=O) groups is 1. The topological polar surface area (TPSA) is 75.4 Å². The first kappa shape index (κ1) is 14.5. The fraction of sp³-hybridized carbons (Fsp3) is 0.500. The number of phenolic OH excluding ortho intramolecular Hbond substituents is 1. The highest BCUT2D eigenvalue weighted by molar-refractivity contribution is 5.81. The largest absolute Gasteiger partial charge is 0.508 e. The molecule has 1 atom stereocenters. The summed E-state index contributed by atoms with van der Waals surface area (Å²) in [5.74, 6) is 0.0974. The van der Waals surface area contributed by atoms with Crippen molar-refractivity contribution < 1.29 is 9.90 Å². The molecule has 0 unspecified atom stereocenters. The Morgan fingerprint density at radius 1 is 1.44 bits per heavy atom. The van der Waals surface area contributed by atoms with E-state index >= 15 is 0 Å². The molecule has 1 aromatic carbocycles. The predicted molar refractivity (Wildman–Crippen MR) is 72.6 cm³/mol. The van der Waals surface area contributed by atoms with Crippen LogP contribution in [0.1, 0.15) is 31.9 Å². The summed E-state index contributed by atoms with van der Waals surface area (Å²) in [4.78, 5) is 11.4. The minimum absolute atomic E-state index is 0.142. The van der Waals surface area contributed by atoms with Gasteiger partial charge < -0.3 is 16.2 Å². The highest BCUT2D eigenvalue weighted by Gasteiger charge is 2.19. The van der Waals surface area contributed by atoms with E-state index in [9.17, 15) is 9.90 Å². The second-order valence-electron chi connectivity index (χ2n) is 5.53. The van der Waals surface area contributed by atoms with Gasteiger partial charge in [-0.1, -0.05) is 32.9 Å². The van der Waals surface area contributed by atoms with Gasteiger partial charge in [0, 0.05) is 7.05 Å². The summed E-state index contributed by atoms with van der Waals surface area (Å²) in [6.45, 7) is 6.10. The number of benzene rings is 1. The van der Waals surface area contributed by atoms with Crippen molar-refractivity contribution in [3.05, 3.63) is 29.3 Å². The second kappa shape index (κ2) is 5.40. The molecule has 100 valence electrons. The molecule has 0 aromatic heterocycles. The van der Waals surface area contributed by atoms with Crippen molar-refractivity contribution in [2.75, 3.05) is 7.05 Å². The average molecular weight is 250 g/mol. The first-order valence-electron chi connectivity index (χ1n) is 6.05. The summed E-state index contributed by atoms with van der Waals surface area (Å²) in [7, 11) is 1.57. The molecule has 4 heteroatoms. The van der Waals surface area contributed by atoms with E-state index < -0.39 is 6.04 Å². The fourth-order valence-corrected chi connectivity index (χ4v) is 1.84. The Hall–Kier alpha value is -1.55. The van der Waals surface area contributed by atoms with Crippen LogP contribution in [0.3, 0.4) is 0 Å². The predicted octanol–water partition coefficient (Wildman–Crippen LogP) is 1.31. The number of carbonyl (C=O) groups excluding carboxylic acids is 1. The van der Waals surface area contributed by atoms with Gasteiger partial charge in [-0.3, -0.25) is 4.79 Å². The third-order valence-electron chi connectivity index (χ3n) is 2.91. The quantitative estimate of drug-likeness (QED) is 0.757.